The second-order valence-corrected chi connectivity index (χ2v) is 6.89. The number of benzene rings is 1. The lowest BCUT2D eigenvalue weighted by atomic mass is 9.51. The number of aliphatic hydroxyl groups is 1. The van der Waals surface area contributed by atoms with Crippen LogP contribution in [0.3, 0.4) is 0 Å². The number of methoxy groups -OCH3 is 1. The van der Waals surface area contributed by atoms with E-state index < -0.39 is 22.9 Å². The van der Waals surface area contributed by atoms with Gasteiger partial charge in [0.25, 0.3) is 0 Å². The first kappa shape index (κ1) is 15.0. The summed E-state index contributed by atoms with van der Waals surface area (Å²) in [4.78, 5) is 25.0. The van der Waals surface area contributed by atoms with Gasteiger partial charge in [-0.1, -0.05) is 32.9 Å². The molecule has 0 heterocycles. The van der Waals surface area contributed by atoms with E-state index in [9.17, 15) is 14.7 Å². The van der Waals surface area contributed by atoms with E-state index in [1.54, 1.807) is 45.2 Å². The zero-order chi connectivity index (χ0) is 16.3. The van der Waals surface area contributed by atoms with Crippen molar-refractivity contribution >= 4 is 11.6 Å². The van der Waals surface area contributed by atoms with E-state index in [4.69, 9.17) is 4.74 Å². The number of Topliss-reactive ketones (excluding diaryl/α,β-unsaturated/α-hetero) is 1. The Morgan fingerprint density at radius 1 is 1.18 bits per heavy atom. The molecule has 2 aliphatic rings. The van der Waals surface area contributed by atoms with Crippen LogP contribution in [-0.4, -0.2) is 23.8 Å². The van der Waals surface area contributed by atoms with Crippen LogP contribution in [0.2, 0.25) is 0 Å². The Bertz CT molecular complexity index is 701. The summed E-state index contributed by atoms with van der Waals surface area (Å²) in [6.45, 7) is 5.50. The van der Waals surface area contributed by atoms with Gasteiger partial charge in [-0.15, -0.1) is 0 Å². The van der Waals surface area contributed by atoms with Crippen molar-refractivity contribution < 1.29 is 19.4 Å². The van der Waals surface area contributed by atoms with Gasteiger partial charge in [-0.25, -0.2) is 0 Å². The molecule has 1 N–H and O–H groups in total. The number of hydrogen-bond acceptors (Lipinski definition) is 4. The second-order valence-electron chi connectivity index (χ2n) is 6.89. The van der Waals surface area contributed by atoms with Crippen LogP contribution in [0.4, 0.5) is 0 Å². The van der Waals surface area contributed by atoms with Crippen molar-refractivity contribution in [1.82, 2.24) is 0 Å². The molecule has 2 unspecified atom stereocenters. The number of allylic oxidation sites excluding steroid dienone is 2. The maximum Gasteiger partial charge on any atom is 0.171 e. The summed E-state index contributed by atoms with van der Waals surface area (Å²) in [5.74, 6) is -0.291. The minimum Gasteiger partial charge on any atom is -0.497 e. The number of ketones is 2. The smallest absolute Gasteiger partial charge is 0.171 e. The fraction of sp³-hybridized carbons (Fsp3) is 0.444. The van der Waals surface area contributed by atoms with Crippen LogP contribution in [0, 0.1) is 11.3 Å². The topological polar surface area (TPSA) is 63.6 Å². The number of aliphatic hydroxyl groups excluding tert-OH is 1. The van der Waals surface area contributed by atoms with Gasteiger partial charge in [0, 0.05) is 16.7 Å². The Kier molecular flexibility index (Phi) is 3.08. The van der Waals surface area contributed by atoms with Crippen LogP contribution >= 0.6 is 0 Å². The predicted octanol–water partition coefficient (Wildman–Crippen LogP) is 2.35. The van der Waals surface area contributed by atoms with Crippen LogP contribution in [0.15, 0.2) is 30.4 Å². The molecule has 4 heteroatoms. The molecule has 3 atom stereocenters. The summed E-state index contributed by atoms with van der Waals surface area (Å²) >= 11 is 0. The van der Waals surface area contributed by atoms with Gasteiger partial charge in [-0.2, -0.15) is 0 Å². The molecule has 22 heavy (non-hydrogen) atoms. The summed E-state index contributed by atoms with van der Waals surface area (Å²) in [5, 5.41) is 10.4. The van der Waals surface area contributed by atoms with Crippen LogP contribution in [-0.2, 0) is 15.0 Å². The lowest BCUT2D eigenvalue weighted by Crippen LogP contribution is -2.55. The average Bonchev–Trinajstić information content (AvgIpc) is 2.48. The van der Waals surface area contributed by atoms with Gasteiger partial charge in [0.2, 0.25) is 0 Å². The third-order valence-corrected chi connectivity index (χ3v) is 5.23. The Labute approximate surface area is 129 Å². The molecule has 0 aliphatic heterocycles. The molecule has 0 aromatic heterocycles. The lowest BCUT2D eigenvalue weighted by molar-refractivity contribution is -0.146. The number of ether oxygens (including phenoxy) is 1. The Hall–Kier alpha value is -1.94. The Balaban J connectivity index is 2.32. The maximum absolute atomic E-state index is 12.8. The summed E-state index contributed by atoms with van der Waals surface area (Å²) in [5.41, 5.74) is -0.0277. The predicted molar refractivity (Wildman–Crippen MR) is 81.7 cm³/mol. The first-order valence-electron chi connectivity index (χ1n) is 7.37. The van der Waals surface area contributed by atoms with E-state index in [-0.39, 0.29) is 11.6 Å². The minimum atomic E-state index is -1.20. The van der Waals surface area contributed by atoms with Gasteiger partial charge in [-0.05, 0) is 29.3 Å². The monoisotopic (exact) mass is 300 g/mol. The van der Waals surface area contributed by atoms with Crippen LogP contribution in [0.1, 0.15) is 38.0 Å². The largest absolute Gasteiger partial charge is 0.497 e. The van der Waals surface area contributed by atoms with Crippen LogP contribution in [0.25, 0.3) is 0 Å². The van der Waals surface area contributed by atoms with Crippen molar-refractivity contribution in [2.45, 2.75) is 32.3 Å². The van der Waals surface area contributed by atoms with E-state index in [1.165, 1.54) is 0 Å². The van der Waals surface area contributed by atoms with E-state index in [1.807, 2.05) is 13.0 Å². The lowest BCUT2D eigenvalue weighted by Gasteiger charge is -2.50. The summed E-state index contributed by atoms with van der Waals surface area (Å²) < 4.78 is 5.28. The van der Waals surface area contributed by atoms with E-state index in [0.29, 0.717) is 11.3 Å². The van der Waals surface area contributed by atoms with Crippen molar-refractivity contribution in [3.05, 3.63) is 41.5 Å². The molecule has 2 aliphatic carbocycles. The van der Waals surface area contributed by atoms with Gasteiger partial charge in [-0.3, -0.25) is 9.59 Å². The van der Waals surface area contributed by atoms with Gasteiger partial charge in [0.05, 0.1) is 7.11 Å². The van der Waals surface area contributed by atoms with Crippen LogP contribution in [0.5, 0.6) is 5.75 Å². The van der Waals surface area contributed by atoms with E-state index in [0.717, 1.165) is 5.56 Å². The molecule has 1 aromatic carbocycles. The number of carbonyl (C=O) groups excluding carboxylic acids is 2. The minimum absolute atomic E-state index is 0.0816. The molecule has 116 valence electrons. The molecular formula is C18H20O4. The van der Waals surface area contributed by atoms with Crippen molar-refractivity contribution in [3.63, 3.8) is 0 Å². The molecule has 0 spiro atoms. The highest BCUT2D eigenvalue weighted by Gasteiger charge is 2.57. The summed E-state index contributed by atoms with van der Waals surface area (Å²) in [6, 6.07) is 5.32. The zero-order valence-corrected chi connectivity index (χ0v) is 13.2. The molecule has 0 fully saturated rings. The molecule has 0 amide bonds. The quantitative estimate of drug-likeness (QED) is 0.864. The highest BCUT2D eigenvalue weighted by molar-refractivity contribution is 6.03. The number of fused-ring (bicyclic) bond motifs is 3. The van der Waals surface area contributed by atoms with Gasteiger partial charge in [0.15, 0.2) is 11.6 Å². The molecule has 3 rings (SSSR count). The first-order chi connectivity index (χ1) is 10.2. The normalized spacial score (nSPS) is 32.4. The average molecular weight is 300 g/mol. The van der Waals surface area contributed by atoms with Gasteiger partial charge >= 0.3 is 0 Å². The summed E-state index contributed by atoms with van der Waals surface area (Å²) in [6.07, 6.45) is 2.16. The Morgan fingerprint density at radius 2 is 1.86 bits per heavy atom. The second kappa shape index (κ2) is 4.53. The highest BCUT2D eigenvalue weighted by atomic mass is 16.5. The molecule has 0 radical (unpaired) electrons. The van der Waals surface area contributed by atoms with Gasteiger partial charge in [0.1, 0.15) is 11.9 Å². The highest BCUT2D eigenvalue weighted by Crippen LogP contribution is 2.54. The van der Waals surface area contributed by atoms with Crippen molar-refractivity contribution in [1.29, 1.82) is 0 Å². The van der Waals surface area contributed by atoms with Crippen molar-refractivity contribution in [2.24, 2.45) is 11.3 Å². The molecule has 4 nitrogen and oxygen atoms in total. The molecule has 1 aromatic rings. The van der Waals surface area contributed by atoms with Crippen molar-refractivity contribution in [3.8, 4) is 5.75 Å². The van der Waals surface area contributed by atoms with Gasteiger partial charge < -0.3 is 9.84 Å². The summed E-state index contributed by atoms with van der Waals surface area (Å²) in [7, 11) is 1.58. The SMILES string of the molecule is COc1ccc2c(c1)[C@@]1(C)C=CC(=O)C(C)(C)C1C(=O)C2O. The number of hydrogen-bond donors (Lipinski definition) is 1. The fourth-order valence-electron chi connectivity index (χ4n) is 4.03. The first-order valence-corrected chi connectivity index (χ1v) is 7.37. The van der Waals surface area contributed by atoms with E-state index >= 15 is 0 Å². The zero-order valence-electron chi connectivity index (χ0n) is 13.2. The third-order valence-electron chi connectivity index (χ3n) is 5.23. The number of rotatable bonds is 1. The molecule has 0 saturated heterocycles. The molecular weight excluding hydrogens is 280 g/mol. The van der Waals surface area contributed by atoms with Crippen LogP contribution < -0.4 is 4.74 Å². The Morgan fingerprint density at radius 3 is 2.50 bits per heavy atom. The third kappa shape index (κ3) is 1.73. The standard InChI is InChI=1S/C18H20O4/c1-17(2)13(19)7-8-18(3)12-9-10(22-4)5-6-11(12)14(20)15(21)16(17)18/h5-9,14,16,20H,1-4H3/t14?,16?,18-/m1/s1. The fourth-order valence-corrected chi connectivity index (χ4v) is 4.03. The molecule has 0 bridgehead atoms. The van der Waals surface area contributed by atoms with Crippen molar-refractivity contribution in [2.75, 3.05) is 7.11 Å². The maximum atomic E-state index is 12.8. The van der Waals surface area contributed by atoms with E-state index in [2.05, 4.69) is 0 Å². The molecule has 0 saturated carbocycles. The number of carbonyl (C=O) groups is 2.